The number of hydrogen-bond acceptors (Lipinski definition) is 5. The fourth-order valence-electron chi connectivity index (χ4n) is 3.42. The Kier molecular flexibility index (Phi) is 5.70. The van der Waals surface area contributed by atoms with Crippen molar-refractivity contribution >= 4 is 5.97 Å². The summed E-state index contributed by atoms with van der Waals surface area (Å²) in [4.78, 5) is 10.8. The normalized spacial score (nSPS) is 13.3. The van der Waals surface area contributed by atoms with E-state index in [9.17, 15) is 9.18 Å². The number of ether oxygens (including phenoxy) is 2. The molecule has 1 aliphatic rings. The van der Waals surface area contributed by atoms with Gasteiger partial charge in [0.15, 0.2) is 5.76 Å². The van der Waals surface area contributed by atoms with Gasteiger partial charge in [-0.25, -0.2) is 4.39 Å². The molecule has 3 aromatic rings. The summed E-state index contributed by atoms with van der Waals surface area (Å²) in [5, 5.41) is 13.0. The molecule has 4 rings (SSSR count). The van der Waals surface area contributed by atoms with Crippen molar-refractivity contribution < 1.29 is 28.3 Å². The van der Waals surface area contributed by atoms with E-state index in [4.69, 9.17) is 19.1 Å². The Morgan fingerprint density at radius 2 is 2.07 bits per heavy atom. The SMILES string of the molecule is COc1ccc(F)c(-c2onc(COc3cccc(CCC(=O)O)c3)c2C2CC2)c1. The molecule has 0 atom stereocenters. The average Bonchev–Trinajstić information content (AvgIpc) is 3.50. The summed E-state index contributed by atoms with van der Waals surface area (Å²) in [6.07, 6.45) is 2.49. The second-order valence-corrected chi connectivity index (χ2v) is 7.32. The molecule has 6 nitrogen and oxygen atoms in total. The molecule has 30 heavy (non-hydrogen) atoms. The number of aromatic nitrogens is 1. The number of halogens is 1. The lowest BCUT2D eigenvalue weighted by molar-refractivity contribution is -0.136. The number of carboxylic acids is 1. The maximum atomic E-state index is 14.5. The van der Waals surface area contributed by atoms with Crippen LogP contribution in [0.2, 0.25) is 0 Å². The molecule has 1 N–H and O–H groups in total. The van der Waals surface area contributed by atoms with Crippen molar-refractivity contribution in [3.63, 3.8) is 0 Å². The van der Waals surface area contributed by atoms with Crippen LogP contribution in [-0.2, 0) is 17.8 Å². The van der Waals surface area contributed by atoms with Gasteiger partial charge in [0.25, 0.3) is 0 Å². The lowest BCUT2D eigenvalue weighted by Crippen LogP contribution is -2.01. The van der Waals surface area contributed by atoms with Crippen LogP contribution in [0.25, 0.3) is 11.3 Å². The zero-order chi connectivity index (χ0) is 21.1. The topological polar surface area (TPSA) is 81.8 Å². The maximum absolute atomic E-state index is 14.5. The van der Waals surface area contributed by atoms with E-state index in [1.807, 2.05) is 24.3 Å². The van der Waals surface area contributed by atoms with Crippen LogP contribution in [-0.4, -0.2) is 23.3 Å². The van der Waals surface area contributed by atoms with Crippen molar-refractivity contribution in [2.45, 2.75) is 38.2 Å². The van der Waals surface area contributed by atoms with E-state index in [1.165, 1.54) is 13.2 Å². The highest BCUT2D eigenvalue weighted by atomic mass is 19.1. The molecule has 0 spiro atoms. The highest BCUT2D eigenvalue weighted by molar-refractivity contribution is 5.67. The van der Waals surface area contributed by atoms with Crippen molar-refractivity contribution in [2.24, 2.45) is 0 Å². The van der Waals surface area contributed by atoms with Gasteiger partial charge in [0, 0.05) is 12.0 Å². The summed E-state index contributed by atoms with van der Waals surface area (Å²) < 4.78 is 31.1. The molecule has 1 aromatic heterocycles. The molecule has 7 heteroatoms. The first-order chi connectivity index (χ1) is 14.5. The van der Waals surface area contributed by atoms with Gasteiger partial charge in [-0.2, -0.15) is 0 Å². The van der Waals surface area contributed by atoms with Crippen LogP contribution in [0.3, 0.4) is 0 Å². The molecule has 1 aliphatic carbocycles. The van der Waals surface area contributed by atoms with Gasteiger partial charge in [-0.15, -0.1) is 0 Å². The Balaban J connectivity index is 1.55. The predicted octanol–water partition coefficient (Wildman–Crippen LogP) is 4.96. The third kappa shape index (κ3) is 4.45. The van der Waals surface area contributed by atoms with E-state index in [-0.39, 0.29) is 18.9 Å². The van der Waals surface area contributed by atoms with Crippen molar-refractivity contribution in [3.05, 3.63) is 65.1 Å². The van der Waals surface area contributed by atoms with Crippen LogP contribution >= 0.6 is 0 Å². The van der Waals surface area contributed by atoms with Crippen LogP contribution in [0.4, 0.5) is 4.39 Å². The number of carboxylic acid groups (broad SMARTS) is 1. The molecular weight excluding hydrogens is 389 g/mol. The molecule has 0 aliphatic heterocycles. The predicted molar refractivity (Wildman–Crippen MR) is 107 cm³/mol. The minimum absolute atomic E-state index is 0.0635. The van der Waals surface area contributed by atoms with Gasteiger partial charge in [0.2, 0.25) is 0 Å². The quantitative estimate of drug-likeness (QED) is 0.536. The highest BCUT2D eigenvalue weighted by Gasteiger charge is 2.34. The van der Waals surface area contributed by atoms with Crippen LogP contribution in [0.5, 0.6) is 11.5 Å². The lowest BCUT2D eigenvalue weighted by atomic mass is 10.0. The van der Waals surface area contributed by atoms with E-state index < -0.39 is 11.8 Å². The van der Waals surface area contributed by atoms with Gasteiger partial charge in [-0.05, 0) is 61.1 Å². The largest absolute Gasteiger partial charge is 0.497 e. The van der Waals surface area contributed by atoms with Crippen molar-refractivity contribution in [1.29, 1.82) is 0 Å². The van der Waals surface area contributed by atoms with Gasteiger partial charge in [0.05, 0.1) is 12.7 Å². The monoisotopic (exact) mass is 411 g/mol. The van der Waals surface area contributed by atoms with Gasteiger partial charge >= 0.3 is 5.97 Å². The van der Waals surface area contributed by atoms with Crippen LogP contribution < -0.4 is 9.47 Å². The standard InChI is InChI=1S/C23H22FNO5/c1-28-16-8-9-19(24)18(12-16)23-22(15-6-7-15)20(25-30-23)13-29-17-4-2-3-14(11-17)5-10-21(26)27/h2-4,8-9,11-12,15H,5-7,10,13H2,1H3,(H,26,27). The third-order valence-corrected chi connectivity index (χ3v) is 5.11. The first-order valence-electron chi connectivity index (χ1n) is 9.81. The fourth-order valence-corrected chi connectivity index (χ4v) is 3.42. The van der Waals surface area contributed by atoms with E-state index in [0.29, 0.717) is 34.9 Å². The second-order valence-electron chi connectivity index (χ2n) is 7.32. The number of aryl methyl sites for hydroxylation is 1. The number of rotatable bonds is 9. The maximum Gasteiger partial charge on any atom is 0.303 e. The molecule has 156 valence electrons. The first-order valence-corrected chi connectivity index (χ1v) is 9.81. The zero-order valence-electron chi connectivity index (χ0n) is 16.6. The Bertz CT molecular complexity index is 1060. The van der Waals surface area contributed by atoms with Gasteiger partial charge in [-0.1, -0.05) is 17.3 Å². The average molecular weight is 411 g/mol. The first kappa shape index (κ1) is 19.9. The van der Waals surface area contributed by atoms with Gasteiger partial charge in [0.1, 0.15) is 29.6 Å². The minimum Gasteiger partial charge on any atom is -0.497 e. The number of hydrogen-bond donors (Lipinski definition) is 1. The van der Waals surface area contributed by atoms with E-state index in [1.54, 1.807) is 12.1 Å². The Morgan fingerprint density at radius 1 is 1.23 bits per heavy atom. The minimum atomic E-state index is -0.838. The van der Waals surface area contributed by atoms with E-state index in [0.717, 1.165) is 24.0 Å². The van der Waals surface area contributed by atoms with Crippen LogP contribution in [0.1, 0.15) is 42.0 Å². The summed E-state index contributed by atoms with van der Waals surface area (Å²) in [5.41, 5.74) is 2.73. The summed E-state index contributed by atoms with van der Waals surface area (Å²) >= 11 is 0. The highest BCUT2D eigenvalue weighted by Crippen LogP contribution is 2.47. The van der Waals surface area contributed by atoms with Crippen LogP contribution in [0, 0.1) is 5.82 Å². The Morgan fingerprint density at radius 3 is 2.80 bits per heavy atom. The third-order valence-electron chi connectivity index (χ3n) is 5.11. The molecule has 0 amide bonds. The molecule has 0 bridgehead atoms. The second kappa shape index (κ2) is 8.57. The zero-order valence-corrected chi connectivity index (χ0v) is 16.6. The molecule has 1 heterocycles. The number of nitrogens with zero attached hydrogens (tertiary/aromatic N) is 1. The summed E-state index contributed by atoms with van der Waals surface area (Å²) in [7, 11) is 1.53. The summed E-state index contributed by atoms with van der Waals surface area (Å²) in [5.74, 6) is 0.625. The molecule has 1 saturated carbocycles. The van der Waals surface area contributed by atoms with E-state index in [2.05, 4.69) is 5.16 Å². The Labute approximate surface area is 173 Å². The molecular formula is C23H22FNO5. The number of methoxy groups -OCH3 is 1. The fraction of sp³-hybridized carbons (Fsp3) is 0.304. The van der Waals surface area contributed by atoms with Crippen molar-refractivity contribution in [3.8, 4) is 22.8 Å². The molecule has 0 radical (unpaired) electrons. The molecule has 1 fully saturated rings. The molecule has 2 aromatic carbocycles. The van der Waals surface area contributed by atoms with Gasteiger partial charge in [-0.3, -0.25) is 4.79 Å². The van der Waals surface area contributed by atoms with Crippen molar-refractivity contribution in [1.82, 2.24) is 5.16 Å². The molecule has 0 unspecified atom stereocenters. The summed E-state index contributed by atoms with van der Waals surface area (Å²) in [6.45, 7) is 0.184. The number of benzene rings is 2. The van der Waals surface area contributed by atoms with Gasteiger partial charge < -0.3 is 19.1 Å². The van der Waals surface area contributed by atoms with E-state index >= 15 is 0 Å². The number of aliphatic carboxylic acids is 1. The smallest absolute Gasteiger partial charge is 0.303 e. The van der Waals surface area contributed by atoms with Crippen molar-refractivity contribution in [2.75, 3.05) is 7.11 Å². The molecule has 0 saturated heterocycles. The Hall–Kier alpha value is -3.35. The lowest BCUT2D eigenvalue weighted by Gasteiger charge is -2.08. The number of carbonyl (C=O) groups is 1. The summed E-state index contributed by atoms with van der Waals surface area (Å²) in [6, 6.07) is 11.9. The van der Waals surface area contributed by atoms with Crippen LogP contribution in [0.15, 0.2) is 47.0 Å².